The van der Waals surface area contributed by atoms with Crippen LogP contribution in [0.4, 0.5) is 0 Å². The molecule has 0 atom stereocenters. The summed E-state index contributed by atoms with van der Waals surface area (Å²) in [5.74, 6) is 0.754. The van der Waals surface area contributed by atoms with E-state index in [2.05, 4.69) is 12.1 Å². The van der Waals surface area contributed by atoms with Gasteiger partial charge in [-0.15, -0.1) is 0 Å². The van der Waals surface area contributed by atoms with E-state index in [1.807, 2.05) is 30.3 Å². The number of carbonyl (C=O) groups excluding carboxylic acids is 1. The van der Waals surface area contributed by atoms with E-state index < -0.39 is 0 Å². The van der Waals surface area contributed by atoms with Gasteiger partial charge in [0.25, 0.3) is 0 Å². The van der Waals surface area contributed by atoms with Crippen molar-refractivity contribution in [3.63, 3.8) is 0 Å². The summed E-state index contributed by atoms with van der Waals surface area (Å²) in [6.07, 6.45) is 2.67. The van der Waals surface area contributed by atoms with Crippen molar-refractivity contribution in [2.45, 2.75) is 19.3 Å². The molecule has 0 saturated carbocycles. The second-order valence-electron chi connectivity index (χ2n) is 5.21. The van der Waals surface area contributed by atoms with Crippen LogP contribution >= 0.6 is 0 Å². The fourth-order valence-electron chi connectivity index (χ4n) is 2.79. The first kappa shape index (κ1) is 12.4. The van der Waals surface area contributed by atoms with Gasteiger partial charge >= 0.3 is 0 Å². The maximum Gasteiger partial charge on any atom is 0.163 e. The van der Waals surface area contributed by atoms with Crippen LogP contribution in [0.5, 0.6) is 0 Å². The molecule has 0 aromatic heterocycles. The molecule has 1 saturated heterocycles. The molecule has 2 nitrogen and oxygen atoms in total. The van der Waals surface area contributed by atoms with Gasteiger partial charge in [-0.2, -0.15) is 0 Å². The van der Waals surface area contributed by atoms with E-state index in [0.29, 0.717) is 12.3 Å². The molecule has 1 aliphatic heterocycles. The van der Waals surface area contributed by atoms with E-state index in [0.717, 1.165) is 42.4 Å². The standard InChI is InChI=1S/C17H18O2/c18-17(12-13-8-10-19-11-9-13)16-7-3-5-14-4-1-2-6-15(14)16/h1-7,13H,8-12H2. The van der Waals surface area contributed by atoms with E-state index in [4.69, 9.17) is 4.74 Å². The molecule has 1 fully saturated rings. The number of hydrogen-bond donors (Lipinski definition) is 0. The minimum absolute atomic E-state index is 0.267. The van der Waals surface area contributed by atoms with E-state index in [-0.39, 0.29) is 5.78 Å². The average Bonchev–Trinajstić information content (AvgIpc) is 2.47. The Kier molecular flexibility index (Phi) is 3.60. The van der Waals surface area contributed by atoms with Crippen LogP contribution in [0.25, 0.3) is 10.8 Å². The second-order valence-corrected chi connectivity index (χ2v) is 5.21. The third-order valence-electron chi connectivity index (χ3n) is 3.90. The molecule has 2 aromatic carbocycles. The van der Waals surface area contributed by atoms with Gasteiger partial charge in [-0.05, 0) is 29.5 Å². The third kappa shape index (κ3) is 2.69. The molecule has 0 unspecified atom stereocenters. The Morgan fingerprint density at radius 3 is 2.63 bits per heavy atom. The highest BCUT2D eigenvalue weighted by Gasteiger charge is 2.19. The normalized spacial score (nSPS) is 16.6. The van der Waals surface area contributed by atoms with E-state index in [1.165, 1.54) is 0 Å². The Balaban J connectivity index is 1.85. The quantitative estimate of drug-likeness (QED) is 0.778. The maximum absolute atomic E-state index is 12.5. The number of rotatable bonds is 3. The van der Waals surface area contributed by atoms with Crippen LogP contribution in [-0.2, 0) is 4.74 Å². The van der Waals surface area contributed by atoms with Gasteiger partial charge in [-0.1, -0.05) is 42.5 Å². The van der Waals surface area contributed by atoms with Gasteiger partial charge in [-0.3, -0.25) is 4.79 Å². The number of ketones is 1. The van der Waals surface area contributed by atoms with Gasteiger partial charge in [0.2, 0.25) is 0 Å². The van der Waals surface area contributed by atoms with Crippen molar-refractivity contribution >= 4 is 16.6 Å². The molecule has 2 heteroatoms. The molecule has 0 radical (unpaired) electrons. The zero-order valence-corrected chi connectivity index (χ0v) is 11.0. The summed E-state index contributed by atoms with van der Waals surface area (Å²) in [6, 6.07) is 14.1. The first-order valence-electron chi connectivity index (χ1n) is 6.93. The Hall–Kier alpha value is -1.67. The zero-order chi connectivity index (χ0) is 13.1. The smallest absolute Gasteiger partial charge is 0.163 e. The first-order valence-corrected chi connectivity index (χ1v) is 6.93. The summed E-state index contributed by atoms with van der Waals surface area (Å²) < 4.78 is 5.35. The maximum atomic E-state index is 12.5. The summed E-state index contributed by atoms with van der Waals surface area (Å²) in [4.78, 5) is 12.5. The second kappa shape index (κ2) is 5.54. The molecule has 0 aliphatic carbocycles. The van der Waals surface area contributed by atoms with Gasteiger partial charge in [0, 0.05) is 25.2 Å². The number of hydrogen-bond acceptors (Lipinski definition) is 2. The highest BCUT2D eigenvalue weighted by Crippen LogP contribution is 2.24. The molecule has 2 aromatic rings. The Labute approximate surface area is 113 Å². The average molecular weight is 254 g/mol. The van der Waals surface area contributed by atoms with Crippen LogP contribution in [0.3, 0.4) is 0 Å². The lowest BCUT2D eigenvalue weighted by molar-refractivity contribution is 0.0601. The van der Waals surface area contributed by atoms with Crippen molar-refractivity contribution in [3.8, 4) is 0 Å². The van der Waals surface area contributed by atoms with Crippen molar-refractivity contribution < 1.29 is 9.53 Å². The Morgan fingerprint density at radius 1 is 1.05 bits per heavy atom. The molecule has 1 aliphatic rings. The summed E-state index contributed by atoms with van der Waals surface area (Å²) in [7, 11) is 0. The molecule has 98 valence electrons. The fraction of sp³-hybridized carbons (Fsp3) is 0.353. The molecule has 19 heavy (non-hydrogen) atoms. The molecular formula is C17H18O2. The molecule has 3 rings (SSSR count). The van der Waals surface area contributed by atoms with E-state index in [9.17, 15) is 4.79 Å². The minimum atomic E-state index is 0.267. The third-order valence-corrected chi connectivity index (χ3v) is 3.90. The van der Waals surface area contributed by atoms with Crippen LogP contribution in [0, 0.1) is 5.92 Å². The van der Waals surface area contributed by atoms with Crippen LogP contribution in [0.1, 0.15) is 29.6 Å². The van der Waals surface area contributed by atoms with Crippen molar-refractivity contribution in [1.82, 2.24) is 0 Å². The van der Waals surface area contributed by atoms with Gasteiger partial charge in [0.05, 0.1) is 0 Å². The highest BCUT2D eigenvalue weighted by atomic mass is 16.5. The van der Waals surface area contributed by atoms with Crippen molar-refractivity contribution in [3.05, 3.63) is 48.0 Å². The molecule has 1 heterocycles. The summed E-state index contributed by atoms with van der Waals surface area (Å²) in [5.41, 5.74) is 0.865. The van der Waals surface area contributed by atoms with Gasteiger partial charge < -0.3 is 4.74 Å². The Morgan fingerprint density at radius 2 is 1.79 bits per heavy atom. The summed E-state index contributed by atoms with van der Waals surface area (Å²) in [5, 5.41) is 2.21. The Bertz CT molecular complexity index is 577. The number of ether oxygens (including phenoxy) is 1. The molecular weight excluding hydrogens is 236 g/mol. The first-order chi connectivity index (χ1) is 9.34. The monoisotopic (exact) mass is 254 g/mol. The van der Waals surface area contributed by atoms with Crippen LogP contribution < -0.4 is 0 Å². The van der Waals surface area contributed by atoms with Crippen molar-refractivity contribution in [2.24, 2.45) is 5.92 Å². The number of carbonyl (C=O) groups is 1. The number of benzene rings is 2. The molecule has 0 N–H and O–H groups in total. The number of Topliss-reactive ketones (excluding diaryl/α,β-unsaturated/α-hetero) is 1. The van der Waals surface area contributed by atoms with Crippen LogP contribution in [-0.4, -0.2) is 19.0 Å². The van der Waals surface area contributed by atoms with Crippen molar-refractivity contribution in [2.75, 3.05) is 13.2 Å². The lowest BCUT2D eigenvalue weighted by atomic mass is 9.90. The molecule has 0 spiro atoms. The lowest BCUT2D eigenvalue weighted by Crippen LogP contribution is -2.18. The molecule has 0 amide bonds. The zero-order valence-electron chi connectivity index (χ0n) is 11.0. The predicted molar refractivity (Wildman–Crippen MR) is 76.4 cm³/mol. The van der Waals surface area contributed by atoms with Crippen LogP contribution in [0.2, 0.25) is 0 Å². The predicted octanol–water partition coefficient (Wildman–Crippen LogP) is 3.84. The SMILES string of the molecule is O=C(CC1CCOCC1)c1cccc2ccccc12. The van der Waals surface area contributed by atoms with Gasteiger partial charge in [-0.25, -0.2) is 0 Å². The summed E-state index contributed by atoms with van der Waals surface area (Å²) in [6.45, 7) is 1.60. The van der Waals surface area contributed by atoms with Gasteiger partial charge in [0.15, 0.2) is 5.78 Å². The number of fused-ring (bicyclic) bond motifs is 1. The highest BCUT2D eigenvalue weighted by molar-refractivity contribution is 6.08. The molecule has 0 bridgehead atoms. The van der Waals surface area contributed by atoms with Gasteiger partial charge in [0.1, 0.15) is 0 Å². The van der Waals surface area contributed by atoms with E-state index >= 15 is 0 Å². The van der Waals surface area contributed by atoms with Crippen LogP contribution in [0.15, 0.2) is 42.5 Å². The topological polar surface area (TPSA) is 26.3 Å². The lowest BCUT2D eigenvalue weighted by Gasteiger charge is -2.21. The largest absolute Gasteiger partial charge is 0.381 e. The summed E-state index contributed by atoms with van der Waals surface area (Å²) >= 11 is 0. The van der Waals surface area contributed by atoms with Crippen molar-refractivity contribution in [1.29, 1.82) is 0 Å². The minimum Gasteiger partial charge on any atom is -0.381 e. The fourth-order valence-corrected chi connectivity index (χ4v) is 2.79. The van der Waals surface area contributed by atoms with E-state index in [1.54, 1.807) is 0 Å².